The number of rotatable bonds is 7. The van der Waals surface area contributed by atoms with Crippen LogP contribution in [0.2, 0.25) is 5.02 Å². The Morgan fingerprint density at radius 3 is 2.64 bits per heavy atom. The number of hydrogen-bond acceptors (Lipinski definition) is 4. The number of carbonyl (C=O) groups excluding carboxylic acids is 1. The first-order valence-corrected chi connectivity index (χ1v) is 9.88. The van der Waals surface area contributed by atoms with E-state index in [1.165, 1.54) is 4.88 Å². The van der Waals surface area contributed by atoms with E-state index in [1.54, 1.807) is 11.3 Å². The predicted octanol–water partition coefficient (Wildman–Crippen LogP) is 3.56. The predicted molar refractivity (Wildman–Crippen MR) is 103 cm³/mol. The van der Waals surface area contributed by atoms with Crippen LogP contribution >= 0.6 is 22.9 Å². The Labute approximate surface area is 158 Å². The number of nitrogens with zero attached hydrogens (tertiary/aromatic N) is 2. The molecule has 0 atom stereocenters. The van der Waals surface area contributed by atoms with Gasteiger partial charge in [0.1, 0.15) is 12.4 Å². The quantitative estimate of drug-likeness (QED) is 0.738. The second-order valence-corrected chi connectivity index (χ2v) is 7.52. The highest BCUT2D eigenvalue weighted by atomic mass is 35.5. The summed E-state index contributed by atoms with van der Waals surface area (Å²) >= 11 is 7.80. The lowest BCUT2D eigenvalue weighted by Crippen LogP contribution is -2.49. The minimum atomic E-state index is 0.264. The van der Waals surface area contributed by atoms with Crippen molar-refractivity contribution in [2.45, 2.75) is 12.8 Å². The van der Waals surface area contributed by atoms with Gasteiger partial charge in [-0.25, -0.2) is 0 Å². The molecule has 1 aromatic carbocycles. The molecule has 0 saturated carbocycles. The molecule has 0 spiro atoms. The first kappa shape index (κ1) is 18.2. The molecule has 6 heteroatoms. The summed E-state index contributed by atoms with van der Waals surface area (Å²) in [5, 5.41) is 2.70. The highest BCUT2D eigenvalue weighted by molar-refractivity contribution is 7.09. The van der Waals surface area contributed by atoms with E-state index in [9.17, 15) is 4.79 Å². The van der Waals surface area contributed by atoms with Gasteiger partial charge >= 0.3 is 0 Å². The lowest BCUT2D eigenvalue weighted by molar-refractivity contribution is -0.132. The summed E-state index contributed by atoms with van der Waals surface area (Å²) in [7, 11) is 0. The highest BCUT2D eigenvalue weighted by Gasteiger charge is 2.20. The number of benzene rings is 1. The summed E-state index contributed by atoms with van der Waals surface area (Å²) in [6.07, 6.45) is 1.46. The van der Waals surface area contributed by atoms with E-state index in [2.05, 4.69) is 16.3 Å². The number of aryl methyl sites for hydroxylation is 1. The number of amides is 1. The minimum Gasteiger partial charge on any atom is -0.491 e. The Morgan fingerprint density at radius 2 is 1.92 bits per heavy atom. The summed E-state index contributed by atoms with van der Waals surface area (Å²) in [4.78, 5) is 17.9. The van der Waals surface area contributed by atoms with Crippen LogP contribution in [0.4, 0.5) is 0 Å². The Morgan fingerprint density at radius 1 is 1.12 bits per heavy atom. The zero-order valence-electron chi connectivity index (χ0n) is 14.2. The number of halogens is 1. The minimum absolute atomic E-state index is 0.264. The van der Waals surface area contributed by atoms with Gasteiger partial charge in [0.2, 0.25) is 5.91 Å². The zero-order chi connectivity index (χ0) is 17.5. The fraction of sp³-hybridized carbons (Fsp3) is 0.421. The van der Waals surface area contributed by atoms with Crippen molar-refractivity contribution in [1.82, 2.24) is 9.80 Å². The molecule has 25 heavy (non-hydrogen) atoms. The van der Waals surface area contributed by atoms with E-state index in [0.717, 1.165) is 44.9 Å². The average Bonchev–Trinajstić information content (AvgIpc) is 3.15. The van der Waals surface area contributed by atoms with Crippen LogP contribution in [0.1, 0.15) is 11.3 Å². The van der Waals surface area contributed by atoms with Crippen molar-refractivity contribution >= 4 is 28.8 Å². The molecule has 0 bridgehead atoms. The third-order valence-electron chi connectivity index (χ3n) is 4.39. The van der Waals surface area contributed by atoms with Crippen LogP contribution in [0.5, 0.6) is 5.75 Å². The molecule has 0 N–H and O–H groups in total. The van der Waals surface area contributed by atoms with Gasteiger partial charge in [0.05, 0.1) is 5.02 Å². The normalized spacial score (nSPS) is 15.3. The number of hydrogen-bond donors (Lipinski definition) is 0. The summed E-state index contributed by atoms with van der Waals surface area (Å²) in [5.41, 5.74) is 0. The van der Waals surface area contributed by atoms with Gasteiger partial charge in [-0.1, -0.05) is 29.8 Å². The van der Waals surface area contributed by atoms with E-state index < -0.39 is 0 Å². The zero-order valence-corrected chi connectivity index (χ0v) is 15.8. The van der Waals surface area contributed by atoms with Crippen molar-refractivity contribution in [1.29, 1.82) is 0 Å². The molecule has 1 amide bonds. The van der Waals surface area contributed by atoms with Gasteiger partial charge in [-0.15, -0.1) is 11.3 Å². The maximum atomic E-state index is 12.3. The van der Waals surface area contributed by atoms with Gasteiger partial charge in [-0.2, -0.15) is 0 Å². The molecule has 1 aliphatic rings. The van der Waals surface area contributed by atoms with Crippen LogP contribution in [-0.4, -0.2) is 55.0 Å². The topological polar surface area (TPSA) is 32.8 Å². The number of para-hydroxylation sites is 1. The molecule has 0 aliphatic carbocycles. The first-order chi connectivity index (χ1) is 12.2. The molecule has 2 aromatic rings. The number of ether oxygens (including phenoxy) is 1. The molecule has 2 heterocycles. The Bertz CT molecular complexity index is 670. The van der Waals surface area contributed by atoms with E-state index in [1.807, 2.05) is 35.2 Å². The first-order valence-electron chi connectivity index (χ1n) is 8.62. The summed E-state index contributed by atoms with van der Waals surface area (Å²) in [6, 6.07) is 11.7. The van der Waals surface area contributed by atoms with Gasteiger partial charge in [0, 0.05) is 44.0 Å². The van der Waals surface area contributed by atoms with Crippen LogP contribution in [0.25, 0.3) is 0 Å². The maximum Gasteiger partial charge on any atom is 0.223 e. The van der Waals surface area contributed by atoms with Crippen molar-refractivity contribution in [2.24, 2.45) is 0 Å². The fourth-order valence-corrected chi connectivity index (χ4v) is 3.81. The van der Waals surface area contributed by atoms with Crippen LogP contribution in [-0.2, 0) is 11.2 Å². The van der Waals surface area contributed by atoms with Gasteiger partial charge in [-0.3, -0.25) is 9.69 Å². The Kier molecular flexibility index (Phi) is 6.73. The van der Waals surface area contributed by atoms with E-state index in [4.69, 9.17) is 16.3 Å². The average molecular weight is 379 g/mol. The van der Waals surface area contributed by atoms with Gasteiger partial charge in [0.25, 0.3) is 0 Å². The van der Waals surface area contributed by atoms with Gasteiger partial charge < -0.3 is 9.64 Å². The monoisotopic (exact) mass is 378 g/mol. The van der Waals surface area contributed by atoms with Crippen LogP contribution in [0, 0.1) is 0 Å². The molecule has 1 fully saturated rings. The number of thiophene rings is 1. The van der Waals surface area contributed by atoms with Crippen molar-refractivity contribution in [3.8, 4) is 5.75 Å². The Balaban J connectivity index is 1.34. The SMILES string of the molecule is O=C(CCc1cccs1)N1CCN(CCOc2ccccc2Cl)CC1. The molecule has 4 nitrogen and oxygen atoms in total. The van der Waals surface area contributed by atoms with Crippen LogP contribution in [0.15, 0.2) is 41.8 Å². The molecule has 1 aliphatic heterocycles. The van der Waals surface area contributed by atoms with Crippen molar-refractivity contribution in [3.05, 3.63) is 51.7 Å². The van der Waals surface area contributed by atoms with Crippen molar-refractivity contribution < 1.29 is 9.53 Å². The second kappa shape index (κ2) is 9.22. The third-order valence-corrected chi connectivity index (χ3v) is 5.64. The van der Waals surface area contributed by atoms with E-state index in [-0.39, 0.29) is 5.91 Å². The summed E-state index contributed by atoms with van der Waals surface area (Å²) in [5.74, 6) is 0.993. The van der Waals surface area contributed by atoms with E-state index >= 15 is 0 Å². The second-order valence-electron chi connectivity index (χ2n) is 6.08. The highest BCUT2D eigenvalue weighted by Crippen LogP contribution is 2.23. The third kappa shape index (κ3) is 5.46. The summed E-state index contributed by atoms with van der Waals surface area (Å²) in [6.45, 7) is 4.86. The molecule has 1 saturated heterocycles. The van der Waals surface area contributed by atoms with Gasteiger partial charge in [-0.05, 0) is 30.0 Å². The smallest absolute Gasteiger partial charge is 0.223 e. The molecular weight excluding hydrogens is 356 g/mol. The maximum absolute atomic E-state index is 12.3. The lowest BCUT2D eigenvalue weighted by atomic mass is 10.2. The number of piperazine rings is 1. The van der Waals surface area contributed by atoms with Crippen LogP contribution in [0.3, 0.4) is 0 Å². The molecule has 0 unspecified atom stereocenters. The molecule has 3 rings (SSSR count). The van der Waals surface area contributed by atoms with Crippen LogP contribution < -0.4 is 4.74 Å². The fourth-order valence-electron chi connectivity index (χ4n) is 2.91. The molecular formula is C19H23ClN2O2S. The van der Waals surface area contributed by atoms with Crippen molar-refractivity contribution in [2.75, 3.05) is 39.3 Å². The number of carbonyl (C=O) groups is 1. The molecule has 0 radical (unpaired) electrons. The Hall–Kier alpha value is -1.56. The largest absolute Gasteiger partial charge is 0.491 e. The van der Waals surface area contributed by atoms with E-state index in [0.29, 0.717) is 18.1 Å². The lowest BCUT2D eigenvalue weighted by Gasteiger charge is -2.34. The molecule has 134 valence electrons. The van der Waals surface area contributed by atoms with Crippen molar-refractivity contribution in [3.63, 3.8) is 0 Å². The van der Waals surface area contributed by atoms with Gasteiger partial charge in [0.15, 0.2) is 0 Å². The summed E-state index contributed by atoms with van der Waals surface area (Å²) < 4.78 is 5.74. The molecule has 1 aromatic heterocycles. The standard InChI is InChI=1S/C19H23ClN2O2S/c20-17-5-1-2-6-18(17)24-14-13-21-9-11-22(12-10-21)19(23)8-7-16-4-3-15-25-16/h1-6,15H,7-14H2.